The van der Waals surface area contributed by atoms with Gasteiger partial charge < -0.3 is 16.0 Å². The van der Waals surface area contributed by atoms with Crippen molar-refractivity contribution in [3.05, 3.63) is 6.20 Å². The Morgan fingerprint density at radius 1 is 1.53 bits per heavy atom. The molecule has 0 aliphatic carbocycles. The second kappa shape index (κ2) is 5.09. The topological polar surface area (TPSA) is 113 Å². The number of carbonyl (C=O) groups excluding carboxylic acids is 1. The fourth-order valence-electron chi connectivity index (χ4n) is 1.79. The Morgan fingerprint density at radius 3 is 2.95 bits per heavy atom. The van der Waals surface area contributed by atoms with Gasteiger partial charge in [-0.25, -0.2) is 0 Å². The lowest BCUT2D eigenvalue weighted by atomic mass is 10.3. The normalized spacial score (nSPS) is 10.9. The summed E-state index contributed by atoms with van der Waals surface area (Å²) in [7, 11) is 1.77. The molecule has 1 amide bonds. The Bertz CT molecular complexity index is 592. The predicted molar refractivity (Wildman–Crippen MR) is 72.6 cm³/mol. The molecule has 0 spiro atoms. The first-order valence-electron chi connectivity index (χ1n) is 5.94. The molecule has 102 valence electrons. The number of hydrogen-bond donors (Lipinski definition) is 3. The Labute approximate surface area is 110 Å². The third-order valence-corrected chi connectivity index (χ3v) is 2.50. The number of aromatic nitrogens is 4. The Morgan fingerprint density at radius 2 is 2.26 bits per heavy atom. The van der Waals surface area contributed by atoms with Crippen molar-refractivity contribution < 1.29 is 4.79 Å². The number of hydrogen-bond acceptors (Lipinski definition) is 6. The fraction of sp³-hybridized carbons (Fsp3) is 0.455. The van der Waals surface area contributed by atoms with Gasteiger partial charge >= 0.3 is 0 Å². The molecule has 2 heterocycles. The highest BCUT2D eigenvalue weighted by Gasteiger charge is 2.15. The maximum absolute atomic E-state index is 11.7. The van der Waals surface area contributed by atoms with Crippen molar-refractivity contribution in [3.63, 3.8) is 0 Å². The average Bonchev–Trinajstić information content (AvgIpc) is 2.73. The highest BCUT2D eigenvalue weighted by molar-refractivity contribution is 5.90. The van der Waals surface area contributed by atoms with E-state index in [2.05, 4.69) is 25.5 Å². The van der Waals surface area contributed by atoms with Crippen LogP contribution in [0.3, 0.4) is 0 Å². The van der Waals surface area contributed by atoms with Crippen LogP contribution in [-0.2, 0) is 4.79 Å². The van der Waals surface area contributed by atoms with Crippen molar-refractivity contribution in [1.82, 2.24) is 25.5 Å². The minimum Gasteiger partial charge on any atom is -0.368 e. The number of amides is 1. The van der Waals surface area contributed by atoms with Crippen LogP contribution in [0.2, 0.25) is 0 Å². The van der Waals surface area contributed by atoms with Crippen LogP contribution in [0.25, 0.3) is 11.0 Å². The van der Waals surface area contributed by atoms with E-state index in [0.717, 1.165) is 5.39 Å². The quantitative estimate of drug-likeness (QED) is 0.709. The summed E-state index contributed by atoms with van der Waals surface area (Å²) in [6.07, 6.45) is 1.61. The van der Waals surface area contributed by atoms with Crippen LogP contribution in [0.4, 0.5) is 11.8 Å². The summed E-state index contributed by atoms with van der Waals surface area (Å²) in [5, 5.41) is 10.2. The van der Waals surface area contributed by atoms with E-state index in [4.69, 9.17) is 5.73 Å². The summed E-state index contributed by atoms with van der Waals surface area (Å²) in [5.41, 5.74) is 6.19. The molecule has 2 rings (SSSR count). The van der Waals surface area contributed by atoms with Crippen LogP contribution in [0.1, 0.15) is 13.8 Å². The summed E-state index contributed by atoms with van der Waals surface area (Å²) in [5.74, 6) is 0.643. The molecule has 0 fully saturated rings. The Hall–Kier alpha value is -2.38. The number of aromatic amines is 1. The number of likely N-dealkylation sites (N-methyl/N-ethyl adjacent to an activating group) is 1. The first-order valence-corrected chi connectivity index (χ1v) is 5.94. The first kappa shape index (κ1) is 13.1. The van der Waals surface area contributed by atoms with E-state index in [1.54, 1.807) is 18.1 Å². The monoisotopic (exact) mass is 263 g/mol. The minimum atomic E-state index is -0.0775. The number of anilines is 2. The van der Waals surface area contributed by atoms with Crippen molar-refractivity contribution in [1.29, 1.82) is 0 Å². The molecule has 0 unspecified atom stereocenters. The van der Waals surface area contributed by atoms with Gasteiger partial charge in [-0.3, -0.25) is 9.89 Å². The molecule has 2 aromatic heterocycles. The number of H-pyrrole nitrogens is 1. The SMILES string of the molecule is CC(C)NC(=O)CN(C)c1nc(N)nc2[nH]ncc12. The maximum Gasteiger partial charge on any atom is 0.239 e. The van der Waals surface area contributed by atoms with Gasteiger partial charge in [0.05, 0.1) is 18.1 Å². The van der Waals surface area contributed by atoms with Gasteiger partial charge in [-0.15, -0.1) is 0 Å². The third-order valence-electron chi connectivity index (χ3n) is 2.50. The minimum absolute atomic E-state index is 0.0775. The highest BCUT2D eigenvalue weighted by atomic mass is 16.2. The number of nitrogen functional groups attached to an aromatic ring is 1. The fourth-order valence-corrected chi connectivity index (χ4v) is 1.79. The van der Waals surface area contributed by atoms with E-state index in [-0.39, 0.29) is 24.4 Å². The molecule has 0 saturated carbocycles. The van der Waals surface area contributed by atoms with Crippen molar-refractivity contribution >= 4 is 28.7 Å². The summed E-state index contributed by atoms with van der Waals surface area (Å²) in [6, 6.07) is 0.102. The van der Waals surface area contributed by atoms with E-state index in [1.165, 1.54) is 0 Å². The molecule has 0 radical (unpaired) electrons. The van der Waals surface area contributed by atoms with E-state index >= 15 is 0 Å². The summed E-state index contributed by atoms with van der Waals surface area (Å²) < 4.78 is 0. The van der Waals surface area contributed by atoms with Gasteiger partial charge in [-0.05, 0) is 13.8 Å². The van der Waals surface area contributed by atoms with E-state index in [1.807, 2.05) is 13.8 Å². The first-order chi connectivity index (χ1) is 8.97. The molecule has 4 N–H and O–H groups in total. The van der Waals surface area contributed by atoms with Crippen molar-refractivity contribution in [2.24, 2.45) is 0 Å². The molecular weight excluding hydrogens is 246 g/mol. The average molecular weight is 263 g/mol. The van der Waals surface area contributed by atoms with Gasteiger partial charge in [0.25, 0.3) is 0 Å². The molecule has 19 heavy (non-hydrogen) atoms. The van der Waals surface area contributed by atoms with Crippen LogP contribution in [-0.4, -0.2) is 45.7 Å². The number of carbonyl (C=O) groups is 1. The summed E-state index contributed by atoms with van der Waals surface area (Å²) in [4.78, 5) is 21.6. The number of nitrogens with zero attached hydrogens (tertiary/aromatic N) is 4. The lowest BCUT2D eigenvalue weighted by Gasteiger charge is -2.19. The lowest BCUT2D eigenvalue weighted by Crippen LogP contribution is -2.39. The summed E-state index contributed by atoms with van der Waals surface area (Å²) >= 11 is 0. The predicted octanol–water partition coefficient (Wildman–Crippen LogP) is -0.104. The molecule has 0 atom stereocenters. The zero-order valence-corrected chi connectivity index (χ0v) is 11.1. The number of fused-ring (bicyclic) bond motifs is 1. The van der Waals surface area contributed by atoms with Crippen molar-refractivity contribution in [2.75, 3.05) is 24.2 Å². The molecule has 0 aliphatic heterocycles. The molecule has 0 saturated heterocycles. The molecule has 0 aliphatic rings. The van der Waals surface area contributed by atoms with Gasteiger partial charge in [-0.1, -0.05) is 0 Å². The third kappa shape index (κ3) is 2.90. The summed E-state index contributed by atoms with van der Waals surface area (Å²) in [6.45, 7) is 4.01. The van der Waals surface area contributed by atoms with Crippen molar-refractivity contribution in [2.45, 2.75) is 19.9 Å². The van der Waals surface area contributed by atoms with Gasteiger partial charge in [0.1, 0.15) is 5.82 Å². The molecule has 0 aromatic carbocycles. The van der Waals surface area contributed by atoms with Gasteiger partial charge in [0.2, 0.25) is 11.9 Å². The molecule has 8 heteroatoms. The smallest absolute Gasteiger partial charge is 0.239 e. The standard InChI is InChI=1S/C11H17N7O/c1-6(2)14-8(19)5-18(3)10-7-4-13-17-9(7)15-11(12)16-10/h4,6H,5H2,1-3H3,(H,14,19)(H3,12,13,15,16,17). The number of rotatable bonds is 4. The largest absolute Gasteiger partial charge is 0.368 e. The molecular formula is C11H17N7O. The van der Waals surface area contributed by atoms with Crippen LogP contribution in [0.5, 0.6) is 0 Å². The van der Waals surface area contributed by atoms with Crippen LogP contribution >= 0.6 is 0 Å². The van der Waals surface area contributed by atoms with Crippen molar-refractivity contribution in [3.8, 4) is 0 Å². The highest BCUT2D eigenvalue weighted by Crippen LogP contribution is 2.21. The molecule has 8 nitrogen and oxygen atoms in total. The van der Waals surface area contributed by atoms with E-state index in [9.17, 15) is 4.79 Å². The molecule has 0 bridgehead atoms. The molecule has 2 aromatic rings. The van der Waals surface area contributed by atoms with Gasteiger partial charge in [-0.2, -0.15) is 15.1 Å². The van der Waals surface area contributed by atoms with E-state index in [0.29, 0.717) is 11.5 Å². The van der Waals surface area contributed by atoms with Crippen LogP contribution in [0.15, 0.2) is 6.20 Å². The lowest BCUT2D eigenvalue weighted by molar-refractivity contribution is -0.120. The second-order valence-corrected chi connectivity index (χ2v) is 4.62. The maximum atomic E-state index is 11.7. The second-order valence-electron chi connectivity index (χ2n) is 4.62. The van der Waals surface area contributed by atoms with E-state index < -0.39 is 0 Å². The van der Waals surface area contributed by atoms with Gasteiger partial charge in [0, 0.05) is 13.1 Å². The number of nitrogens with one attached hydrogen (secondary N) is 2. The van der Waals surface area contributed by atoms with Gasteiger partial charge in [0.15, 0.2) is 5.65 Å². The zero-order chi connectivity index (χ0) is 14.0. The van der Waals surface area contributed by atoms with Crippen LogP contribution in [0, 0.1) is 0 Å². The Kier molecular flexibility index (Phi) is 3.50. The Balaban J connectivity index is 2.23. The number of nitrogens with two attached hydrogens (primary N) is 1. The zero-order valence-electron chi connectivity index (χ0n) is 11.1. The van der Waals surface area contributed by atoms with Crippen LogP contribution < -0.4 is 16.0 Å².